The number of carbonyl (C=O) groups is 2. The Kier molecular flexibility index (Phi) is 7.29. The van der Waals surface area contributed by atoms with Crippen LogP contribution in [0.25, 0.3) is 0 Å². The summed E-state index contributed by atoms with van der Waals surface area (Å²) in [6, 6.07) is 21.6. The molecule has 0 saturated carbocycles. The number of nitrogens with one attached hydrogen (secondary N) is 3. The number of carbonyl (C=O) groups excluding carboxylic acids is 2. The molecule has 3 aromatic carbocycles. The normalized spacial score (nSPS) is 10.2. The second kappa shape index (κ2) is 10.3. The standard InChI is InChI=1S/C23H22ClN3O3/c1-30-21-12-11-19(13-20(21)24)25-15-22(28)27-18-9-7-17(8-10-18)23(29)26-14-16-5-3-2-4-6-16/h2-13,25H,14-15H2,1H3,(H,26,29)(H,27,28). The molecule has 0 unspecified atom stereocenters. The summed E-state index contributed by atoms with van der Waals surface area (Å²) < 4.78 is 5.10. The van der Waals surface area contributed by atoms with E-state index in [4.69, 9.17) is 16.3 Å². The Labute approximate surface area is 180 Å². The number of ether oxygens (including phenoxy) is 1. The van der Waals surface area contributed by atoms with Crippen LogP contribution < -0.4 is 20.7 Å². The van der Waals surface area contributed by atoms with Gasteiger partial charge in [-0.05, 0) is 48.0 Å². The highest BCUT2D eigenvalue weighted by Gasteiger charge is 2.08. The zero-order chi connectivity index (χ0) is 21.3. The smallest absolute Gasteiger partial charge is 0.251 e. The largest absolute Gasteiger partial charge is 0.495 e. The van der Waals surface area contributed by atoms with Crippen molar-refractivity contribution in [2.24, 2.45) is 0 Å². The second-order valence-electron chi connectivity index (χ2n) is 6.50. The van der Waals surface area contributed by atoms with Gasteiger partial charge in [0.1, 0.15) is 5.75 Å². The molecule has 6 nitrogen and oxygen atoms in total. The average molecular weight is 424 g/mol. The van der Waals surface area contributed by atoms with Crippen LogP contribution in [0, 0.1) is 0 Å². The molecule has 0 aliphatic carbocycles. The summed E-state index contributed by atoms with van der Waals surface area (Å²) in [6.45, 7) is 0.529. The van der Waals surface area contributed by atoms with E-state index in [9.17, 15) is 9.59 Å². The molecule has 0 bridgehead atoms. The van der Waals surface area contributed by atoms with Crippen LogP contribution in [0.2, 0.25) is 5.02 Å². The van der Waals surface area contributed by atoms with Crippen LogP contribution in [-0.2, 0) is 11.3 Å². The number of hydrogen-bond acceptors (Lipinski definition) is 4. The number of amides is 2. The lowest BCUT2D eigenvalue weighted by Crippen LogP contribution is -2.23. The molecule has 2 amide bonds. The predicted molar refractivity (Wildman–Crippen MR) is 119 cm³/mol. The van der Waals surface area contributed by atoms with E-state index >= 15 is 0 Å². The molecule has 3 rings (SSSR count). The topological polar surface area (TPSA) is 79.5 Å². The molecule has 0 atom stereocenters. The van der Waals surface area contributed by atoms with Gasteiger partial charge in [0.2, 0.25) is 5.91 Å². The Morgan fingerprint density at radius 3 is 2.30 bits per heavy atom. The Bertz CT molecular complexity index is 1010. The maximum atomic E-state index is 12.3. The van der Waals surface area contributed by atoms with Gasteiger partial charge >= 0.3 is 0 Å². The highest BCUT2D eigenvalue weighted by Crippen LogP contribution is 2.27. The van der Waals surface area contributed by atoms with Crippen LogP contribution in [0.15, 0.2) is 72.8 Å². The minimum absolute atomic E-state index is 0.0714. The van der Waals surface area contributed by atoms with Crippen LogP contribution in [0.5, 0.6) is 5.75 Å². The van der Waals surface area contributed by atoms with Crippen molar-refractivity contribution in [2.75, 3.05) is 24.3 Å². The van der Waals surface area contributed by atoms with Gasteiger partial charge < -0.3 is 20.7 Å². The fraction of sp³-hybridized carbons (Fsp3) is 0.130. The van der Waals surface area contributed by atoms with Crippen molar-refractivity contribution in [2.45, 2.75) is 6.54 Å². The molecule has 0 saturated heterocycles. The van der Waals surface area contributed by atoms with Gasteiger partial charge in [-0.1, -0.05) is 41.9 Å². The summed E-state index contributed by atoms with van der Waals surface area (Å²) in [5.74, 6) is 0.178. The van der Waals surface area contributed by atoms with E-state index in [1.165, 1.54) is 0 Å². The van der Waals surface area contributed by atoms with Gasteiger partial charge in [-0.3, -0.25) is 9.59 Å². The zero-order valence-corrected chi connectivity index (χ0v) is 17.2. The average Bonchev–Trinajstić information content (AvgIpc) is 2.77. The van der Waals surface area contributed by atoms with E-state index in [-0.39, 0.29) is 18.4 Å². The molecule has 0 aliphatic rings. The maximum Gasteiger partial charge on any atom is 0.251 e. The lowest BCUT2D eigenvalue weighted by atomic mass is 10.1. The van der Waals surface area contributed by atoms with Crippen molar-refractivity contribution in [1.29, 1.82) is 0 Å². The second-order valence-corrected chi connectivity index (χ2v) is 6.90. The number of hydrogen-bond donors (Lipinski definition) is 3. The summed E-state index contributed by atoms with van der Waals surface area (Å²) in [4.78, 5) is 24.4. The molecule has 7 heteroatoms. The number of anilines is 2. The van der Waals surface area contributed by atoms with E-state index in [1.807, 2.05) is 30.3 Å². The summed E-state index contributed by atoms with van der Waals surface area (Å²) in [5.41, 5.74) is 2.87. The van der Waals surface area contributed by atoms with Gasteiger partial charge in [-0.15, -0.1) is 0 Å². The van der Waals surface area contributed by atoms with Gasteiger partial charge in [0.15, 0.2) is 0 Å². The van der Waals surface area contributed by atoms with Crippen molar-refractivity contribution in [3.63, 3.8) is 0 Å². The van der Waals surface area contributed by atoms with Crippen molar-refractivity contribution in [3.05, 3.63) is 88.9 Å². The molecule has 0 radical (unpaired) electrons. The Morgan fingerprint density at radius 1 is 0.933 bits per heavy atom. The van der Waals surface area contributed by atoms with Gasteiger partial charge in [0.05, 0.1) is 18.7 Å². The monoisotopic (exact) mass is 423 g/mol. The first kappa shape index (κ1) is 21.2. The number of rotatable bonds is 8. The van der Waals surface area contributed by atoms with Crippen molar-refractivity contribution in [1.82, 2.24) is 5.32 Å². The zero-order valence-electron chi connectivity index (χ0n) is 16.4. The van der Waals surface area contributed by atoms with Crippen LogP contribution in [-0.4, -0.2) is 25.5 Å². The third-order valence-corrected chi connectivity index (χ3v) is 4.63. The minimum Gasteiger partial charge on any atom is -0.495 e. The fourth-order valence-electron chi connectivity index (χ4n) is 2.75. The SMILES string of the molecule is COc1ccc(NCC(=O)Nc2ccc(C(=O)NCc3ccccc3)cc2)cc1Cl. The van der Waals surface area contributed by atoms with E-state index < -0.39 is 0 Å². The molecular formula is C23H22ClN3O3. The van der Waals surface area contributed by atoms with Gasteiger partial charge in [-0.2, -0.15) is 0 Å². The van der Waals surface area contributed by atoms with E-state index in [0.29, 0.717) is 34.3 Å². The third-order valence-electron chi connectivity index (χ3n) is 4.33. The minimum atomic E-state index is -0.219. The first-order chi connectivity index (χ1) is 14.5. The molecule has 3 aromatic rings. The molecule has 0 spiro atoms. The summed E-state index contributed by atoms with van der Waals surface area (Å²) >= 11 is 6.07. The molecule has 0 fully saturated rings. The first-order valence-electron chi connectivity index (χ1n) is 9.34. The quantitative estimate of drug-likeness (QED) is 0.504. The Balaban J connectivity index is 1.48. The summed E-state index contributed by atoms with van der Waals surface area (Å²) in [7, 11) is 1.54. The Hall–Kier alpha value is -3.51. The number of methoxy groups -OCH3 is 1. The summed E-state index contributed by atoms with van der Waals surface area (Å²) in [5, 5.41) is 9.12. The van der Waals surface area contributed by atoms with E-state index in [0.717, 1.165) is 5.56 Å². The maximum absolute atomic E-state index is 12.3. The predicted octanol–water partition coefficient (Wildman–Crippen LogP) is 4.33. The summed E-state index contributed by atoms with van der Waals surface area (Å²) in [6.07, 6.45) is 0. The van der Waals surface area contributed by atoms with Gasteiger partial charge in [0.25, 0.3) is 5.91 Å². The van der Waals surface area contributed by atoms with Crippen LogP contribution in [0.3, 0.4) is 0 Å². The van der Waals surface area contributed by atoms with E-state index in [2.05, 4.69) is 16.0 Å². The highest BCUT2D eigenvalue weighted by atomic mass is 35.5. The van der Waals surface area contributed by atoms with Crippen molar-refractivity contribution >= 4 is 34.8 Å². The Morgan fingerprint density at radius 2 is 1.63 bits per heavy atom. The molecule has 154 valence electrons. The highest BCUT2D eigenvalue weighted by molar-refractivity contribution is 6.32. The third kappa shape index (κ3) is 5.99. The molecule has 0 aromatic heterocycles. The van der Waals surface area contributed by atoms with Crippen LogP contribution >= 0.6 is 11.6 Å². The first-order valence-corrected chi connectivity index (χ1v) is 9.72. The van der Waals surface area contributed by atoms with Crippen molar-refractivity contribution < 1.29 is 14.3 Å². The molecular weight excluding hydrogens is 402 g/mol. The molecule has 30 heavy (non-hydrogen) atoms. The molecule has 0 heterocycles. The van der Waals surface area contributed by atoms with E-state index in [1.54, 1.807) is 49.6 Å². The van der Waals surface area contributed by atoms with Gasteiger partial charge in [0, 0.05) is 23.5 Å². The lowest BCUT2D eigenvalue weighted by Gasteiger charge is -2.10. The van der Waals surface area contributed by atoms with Gasteiger partial charge in [-0.25, -0.2) is 0 Å². The number of halogens is 1. The fourth-order valence-corrected chi connectivity index (χ4v) is 3.01. The molecule has 0 aliphatic heterocycles. The number of benzene rings is 3. The van der Waals surface area contributed by atoms with Crippen LogP contribution in [0.1, 0.15) is 15.9 Å². The van der Waals surface area contributed by atoms with Crippen molar-refractivity contribution in [3.8, 4) is 5.75 Å². The lowest BCUT2D eigenvalue weighted by molar-refractivity contribution is -0.114. The van der Waals surface area contributed by atoms with Crippen LogP contribution in [0.4, 0.5) is 11.4 Å². The molecule has 3 N–H and O–H groups in total.